The van der Waals surface area contributed by atoms with E-state index in [9.17, 15) is 19.9 Å². The van der Waals surface area contributed by atoms with Gasteiger partial charge in [0.25, 0.3) is 0 Å². The van der Waals surface area contributed by atoms with Gasteiger partial charge < -0.3 is 10.2 Å². The maximum atomic E-state index is 14.0. The molecule has 0 atom stereocenters. The van der Waals surface area contributed by atoms with Crippen LogP contribution in [0.3, 0.4) is 0 Å². The summed E-state index contributed by atoms with van der Waals surface area (Å²) in [5, 5.41) is 32.7. The Bertz CT molecular complexity index is 1120. The van der Waals surface area contributed by atoms with Crippen molar-refractivity contribution in [3.8, 4) is 17.6 Å². The normalized spacial score (nSPS) is 13.0. The van der Waals surface area contributed by atoms with Crippen LogP contribution < -0.4 is 0 Å². The number of phenols is 2. The van der Waals surface area contributed by atoms with Gasteiger partial charge in [-0.15, -0.1) is 0 Å². The van der Waals surface area contributed by atoms with Gasteiger partial charge >= 0.3 is 0 Å². The Morgan fingerprint density at radius 3 is 2.65 bits per heavy atom. The van der Waals surface area contributed by atoms with Crippen LogP contribution in [0.1, 0.15) is 33.4 Å². The Morgan fingerprint density at radius 2 is 1.92 bits per heavy atom. The molecule has 1 aliphatic carbocycles. The number of hydrogen-bond acceptors (Lipinski definition) is 4. The standard InChI is InChI=1S/C21H14FNO2S/c1-11-4-14(24)6-17-15(11)7-16(12-2-3-20(25)19(22)5-12)21(17)18-10-26-9-13(18)8-23/h2-6,9-10,24-25H,7H2,1H3. The Balaban J connectivity index is 2.03. The largest absolute Gasteiger partial charge is 0.508 e. The number of aromatic hydroxyl groups is 2. The van der Waals surface area contributed by atoms with E-state index in [2.05, 4.69) is 6.07 Å². The molecule has 2 aromatic carbocycles. The molecule has 0 saturated heterocycles. The summed E-state index contributed by atoms with van der Waals surface area (Å²) in [7, 11) is 0. The maximum absolute atomic E-state index is 14.0. The summed E-state index contributed by atoms with van der Waals surface area (Å²) < 4.78 is 14.0. The second-order valence-electron chi connectivity index (χ2n) is 6.30. The molecule has 0 fully saturated rings. The summed E-state index contributed by atoms with van der Waals surface area (Å²) in [4.78, 5) is 0. The number of rotatable bonds is 2. The van der Waals surface area contributed by atoms with Gasteiger partial charge in [0.15, 0.2) is 11.6 Å². The van der Waals surface area contributed by atoms with E-state index >= 15 is 0 Å². The maximum Gasteiger partial charge on any atom is 0.165 e. The Labute approximate surface area is 153 Å². The molecule has 0 bridgehead atoms. The van der Waals surface area contributed by atoms with E-state index in [-0.39, 0.29) is 5.75 Å². The van der Waals surface area contributed by atoms with Crippen LogP contribution in [0.5, 0.6) is 11.5 Å². The monoisotopic (exact) mass is 363 g/mol. The lowest BCUT2D eigenvalue weighted by atomic mass is 9.93. The number of hydrogen-bond donors (Lipinski definition) is 2. The van der Waals surface area contributed by atoms with Gasteiger partial charge in [0.05, 0.1) is 5.56 Å². The molecule has 0 aliphatic heterocycles. The molecular weight excluding hydrogens is 349 g/mol. The average Bonchev–Trinajstić information content (AvgIpc) is 3.21. The molecule has 128 valence electrons. The molecule has 1 aliphatic rings. The molecule has 0 unspecified atom stereocenters. The van der Waals surface area contributed by atoms with Crippen molar-refractivity contribution < 1.29 is 14.6 Å². The Kier molecular flexibility index (Phi) is 3.78. The minimum absolute atomic E-state index is 0.158. The molecule has 0 saturated carbocycles. The van der Waals surface area contributed by atoms with Crippen LogP contribution in [0.25, 0.3) is 11.1 Å². The molecule has 26 heavy (non-hydrogen) atoms. The fraction of sp³-hybridized carbons (Fsp3) is 0.0952. The lowest BCUT2D eigenvalue weighted by Crippen LogP contribution is -1.91. The van der Waals surface area contributed by atoms with Crippen molar-refractivity contribution in [3.05, 3.63) is 80.3 Å². The number of phenolic OH excluding ortho intramolecular Hbond substituents is 2. The van der Waals surface area contributed by atoms with Gasteiger partial charge in [-0.3, -0.25) is 0 Å². The smallest absolute Gasteiger partial charge is 0.165 e. The molecule has 2 N–H and O–H groups in total. The molecule has 3 nitrogen and oxygen atoms in total. The third kappa shape index (κ3) is 2.47. The van der Waals surface area contributed by atoms with Crippen LogP contribution in [0.2, 0.25) is 0 Å². The van der Waals surface area contributed by atoms with Crippen LogP contribution in [-0.4, -0.2) is 10.2 Å². The van der Waals surface area contributed by atoms with Crippen LogP contribution in [0.4, 0.5) is 4.39 Å². The van der Waals surface area contributed by atoms with Gasteiger partial charge in [-0.1, -0.05) is 6.07 Å². The topological polar surface area (TPSA) is 64.2 Å². The van der Waals surface area contributed by atoms with Gasteiger partial charge in [0.2, 0.25) is 0 Å². The molecule has 5 heteroatoms. The van der Waals surface area contributed by atoms with E-state index in [4.69, 9.17) is 0 Å². The zero-order chi connectivity index (χ0) is 18.4. The summed E-state index contributed by atoms with van der Waals surface area (Å²) in [5.74, 6) is -0.921. The summed E-state index contributed by atoms with van der Waals surface area (Å²) in [6, 6.07) is 9.92. The van der Waals surface area contributed by atoms with E-state index in [1.165, 1.54) is 23.5 Å². The van der Waals surface area contributed by atoms with E-state index in [1.807, 2.05) is 12.3 Å². The SMILES string of the molecule is Cc1cc(O)cc2c1CC(c1ccc(O)c(F)c1)=C2c1cscc1C#N. The first-order chi connectivity index (χ1) is 12.5. The molecule has 0 radical (unpaired) electrons. The van der Waals surface area contributed by atoms with Gasteiger partial charge in [0.1, 0.15) is 11.8 Å². The Morgan fingerprint density at radius 1 is 1.12 bits per heavy atom. The fourth-order valence-corrected chi connectivity index (χ4v) is 4.27. The highest BCUT2D eigenvalue weighted by Gasteiger charge is 2.28. The van der Waals surface area contributed by atoms with Crippen LogP contribution >= 0.6 is 11.3 Å². The number of benzene rings is 2. The molecule has 4 rings (SSSR count). The van der Waals surface area contributed by atoms with E-state index in [1.54, 1.807) is 23.6 Å². The van der Waals surface area contributed by atoms with Gasteiger partial charge in [-0.05, 0) is 76.4 Å². The summed E-state index contributed by atoms with van der Waals surface area (Å²) >= 11 is 1.43. The van der Waals surface area contributed by atoms with Crippen molar-refractivity contribution in [2.45, 2.75) is 13.3 Å². The number of allylic oxidation sites excluding steroid dienone is 1. The number of aryl methyl sites for hydroxylation is 1. The van der Waals surface area contributed by atoms with Crippen molar-refractivity contribution in [1.82, 2.24) is 0 Å². The van der Waals surface area contributed by atoms with E-state index < -0.39 is 11.6 Å². The van der Waals surface area contributed by atoms with Crippen molar-refractivity contribution in [3.63, 3.8) is 0 Å². The number of nitriles is 1. The first-order valence-corrected chi connectivity index (χ1v) is 8.95. The van der Waals surface area contributed by atoms with E-state index in [0.29, 0.717) is 17.5 Å². The lowest BCUT2D eigenvalue weighted by molar-refractivity contribution is 0.432. The predicted octanol–water partition coefficient (Wildman–Crippen LogP) is 4.99. The summed E-state index contributed by atoms with van der Waals surface area (Å²) in [6.45, 7) is 1.93. The van der Waals surface area contributed by atoms with Crippen molar-refractivity contribution >= 4 is 22.5 Å². The molecule has 0 amide bonds. The number of halogens is 1. The first-order valence-electron chi connectivity index (χ1n) is 8.01. The van der Waals surface area contributed by atoms with Gasteiger partial charge in [0, 0.05) is 10.9 Å². The number of fused-ring (bicyclic) bond motifs is 1. The fourth-order valence-electron chi connectivity index (χ4n) is 3.51. The quantitative estimate of drug-likeness (QED) is 0.674. The summed E-state index contributed by atoms with van der Waals surface area (Å²) in [6.07, 6.45) is 0.571. The van der Waals surface area contributed by atoms with Crippen LogP contribution in [0, 0.1) is 24.1 Å². The average molecular weight is 363 g/mol. The minimum atomic E-state index is -0.685. The molecule has 0 spiro atoms. The lowest BCUT2D eigenvalue weighted by Gasteiger charge is -2.10. The second kappa shape index (κ2) is 6.01. The number of thiophene rings is 1. The Hall–Kier alpha value is -3.10. The highest BCUT2D eigenvalue weighted by atomic mass is 32.1. The van der Waals surface area contributed by atoms with Crippen LogP contribution in [-0.2, 0) is 6.42 Å². The van der Waals surface area contributed by atoms with E-state index in [0.717, 1.165) is 33.4 Å². The minimum Gasteiger partial charge on any atom is -0.508 e. The summed E-state index contributed by atoms with van der Waals surface area (Å²) in [5.41, 5.74) is 6.56. The van der Waals surface area contributed by atoms with Gasteiger partial charge in [-0.25, -0.2) is 4.39 Å². The third-order valence-corrected chi connectivity index (χ3v) is 5.47. The zero-order valence-corrected chi connectivity index (χ0v) is 14.7. The zero-order valence-electron chi connectivity index (χ0n) is 13.9. The first kappa shape index (κ1) is 16.4. The van der Waals surface area contributed by atoms with Gasteiger partial charge in [-0.2, -0.15) is 16.6 Å². The predicted molar refractivity (Wildman–Crippen MR) is 99.6 cm³/mol. The molecule has 1 aromatic heterocycles. The molecule has 1 heterocycles. The highest BCUT2D eigenvalue weighted by Crippen LogP contribution is 2.46. The second-order valence-corrected chi connectivity index (χ2v) is 7.04. The van der Waals surface area contributed by atoms with Crippen LogP contribution in [0.15, 0.2) is 41.1 Å². The van der Waals surface area contributed by atoms with Crippen molar-refractivity contribution in [1.29, 1.82) is 5.26 Å². The molecular formula is C21H14FNO2S. The molecule has 3 aromatic rings. The third-order valence-electron chi connectivity index (χ3n) is 4.73. The highest BCUT2D eigenvalue weighted by molar-refractivity contribution is 7.08. The number of nitrogens with zero attached hydrogens (tertiary/aromatic N) is 1. The van der Waals surface area contributed by atoms with Crippen molar-refractivity contribution in [2.24, 2.45) is 0 Å². The van der Waals surface area contributed by atoms with Crippen molar-refractivity contribution in [2.75, 3.05) is 0 Å².